The number of rotatable bonds is 8. The van der Waals surface area contributed by atoms with E-state index in [1.807, 2.05) is 0 Å². The normalized spacial score (nSPS) is 12.8. The maximum absolute atomic E-state index is 5.07. The fourth-order valence-corrected chi connectivity index (χ4v) is 1.59. The molecular weight excluding hydrogens is 188 g/mol. The minimum atomic E-state index is 0.312. The Morgan fingerprint density at radius 1 is 1.33 bits per heavy atom. The van der Waals surface area contributed by atoms with E-state index < -0.39 is 0 Å². The molecule has 3 heteroatoms. The van der Waals surface area contributed by atoms with Crippen molar-refractivity contribution in [2.75, 3.05) is 40.4 Å². The lowest BCUT2D eigenvalue weighted by Gasteiger charge is -2.31. The van der Waals surface area contributed by atoms with E-state index in [-0.39, 0.29) is 0 Å². The van der Waals surface area contributed by atoms with Crippen LogP contribution in [0.15, 0.2) is 0 Å². The second-order valence-corrected chi connectivity index (χ2v) is 5.43. The fourth-order valence-electron chi connectivity index (χ4n) is 1.59. The first-order chi connectivity index (χ1) is 6.87. The smallest absolute Gasteiger partial charge is 0.0589 e. The minimum absolute atomic E-state index is 0.312. The summed E-state index contributed by atoms with van der Waals surface area (Å²) in [6.07, 6.45) is 0. The molecule has 0 saturated carbocycles. The molecule has 0 aromatic carbocycles. The van der Waals surface area contributed by atoms with Crippen LogP contribution in [0.5, 0.6) is 0 Å². The fraction of sp³-hybridized carbons (Fsp3) is 1.00. The molecule has 0 saturated heterocycles. The van der Waals surface area contributed by atoms with Crippen molar-refractivity contribution in [1.29, 1.82) is 0 Å². The third-order valence-electron chi connectivity index (χ3n) is 2.36. The van der Waals surface area contributed by atoms with Gasteiger partial charge < -0.3 is 15.0 Å². The van der Waals surface area contributed by atoms with Crippen LogP contribution in [0.1, 0.15) is 27.7 Å². The molecule has 0 aromatic rings. The Morgan fingerprint density at radius 3 is 2.40 bits per heavy atom. The molecular formula is C12H28N2O. The van der Waals surface area contributed by atoms with Crippen LogP contribution in [0, 0.1) is 5.41 Å². The van der Waals surface area contributed by atoms with E-state index in [1.54, 1.807) is 7.11 Å². The highest BCUT2D eigenvalue weighted by Gasteiger charge is 2.19. The molecule has 0 amide bonds. The van der Waals surface area contributed by atoms with Crippen LogP contribution in [0.4, 0.5) is 0 Å². The largest absolute Gasteiger partial charge is 0.383 e. The van der Waals surface area contributed by atoms with Crippen LogP contribution in [-0.2, 0) is 4.74 Å². The first kappa shape index (κ1) is 14.9. The third-order valence-corrected chi connectivity index (χ3v) is 2.36. The molecule has 0 aliphatic rings. The molecule has 0 aliphatic heterocycles. The van der Waals surface area contributed by atoms with Gasteiger partial charge in [0.2, 0.25) is 0 Å². The molecule has 0 aliphatic carbocycles. The Labute approximate surface area is 95.2 Å². The molecule has 0 bridgehead atoms. The first-order valence-electron chi connectivity index (χ1n) is 5.78. The van der Waals surface area contributed by atoms with Gasteiger partial charge in [0.15, 0.2) is 0 Å². The highest BCUT2D eigenvalue weighted by molar-refractivity contribution is 4.76. The lowest BCUT2D eigenvalue weighted by Crippen LogP contribution is -2.41. The van der Waals surface area contributed by atoms with E-state index in [1.165, 1.54) is 0 Å². The van der Waals surface area contributed by atoms with Gasteiger partial charge in [-0.2, -0.15) is 0 Å². The molecule has 15 heavy (non-hydrogen) atoms. The number of likely N-dealkylation sites (N-methyl/N-ethyl adjacent to an activating group) is 1. The first-order valence-corrected chi connectivity index (χ1v) is 5.78. The van der Waals surface area contributed by atoms with Gasteiger partial charge in [0, 0.05) is 32.8 Å². The topological polar surface area (TPSA) is 24.5 Å². The quantitative estimate of drug-likeness (QED) is 0.667. The third kappa shape index (κ3) is 8.85. The van der Waals surface area contributed by atoms with E-state index in [4.69, 9.17) is 4.74 Å². The number of hydrogen-bond acceptors (Lipinski definition) is 3. The summed E-state index contributed by atoms with van der Waals surface area (Å²) in [6, 6.07) is 0.563. The van der Waals surface area contributed by atoms with Crippen LogP contribution in [0.25, 0.3) is 0 Å². The summed E-state index contributed by atoms with van der Waals surface area (Å²) < 4.78 is 5.07. The lowest BCUT2D eigenvalue weighted by molar-refractivity contribution is 0.134. The molecule has 3 nitrogen and oxygen atoms in total. The van der Waals surface area contributed by atoms with Gasteiger partial charge in [-0.15, -0.1) is 0 Å². The summed E-state index contributed by atoms with van der Waals surface area (Å²) in [5.41, 5.74) is 0.312. The van der Waals surface area contributed by atoms with Gasteiger partial charge in [0.05, 0.1) is 6.61 Å². The Balaban J connectivity index is 3.79. The maximum atomic E-state index is 5.07. The van der Waals surface area contributed by atoms with Crippen molar-refractivity contribution in [3.05, 3.63) is 0 Å². The summed E-state index contributed by atoms with van der Waals surface area (Å²) in [5.74, 6) is 0. The summed E-state index contributed by atoms with van der Waals surface area (Å²) in [5, 5.41) is 3.49. The van der Waals surface area contributed by atoms with Gasteiger partial charge in [-0.25, -0.2) is 0 Å². The van der Waals surface area contributed by atoms with Gasteiger partial charge in [-0.05, 0) is 12.5 Å². The average Bonchev–Trinajstić information content (AvgIpc) is 2.11. The molecule has 1 N–H and O–H groups in total. The lowest BCUT2D eigenvalue weighted by atomic mass is 9.92. The zero-order valence-electron chi connectivity index (χ0n) is 11.3. The minimum Gasteiger partial charge on any atom is -0.383 e. The van der Waals surface area contributed by atoms with E-state index in [0.717, 1.165) is 26.2 Å². The Bertz CT molecular complexity index is 158. The number of ether oxygens (including phenoxy) is 1. The summed E-state index contributed by atoms with van der Waals surface area (Å²) in [6.45, 7) is 12.9. The van der Waals surface area contributed by atoms with Crippen molar-refractivity contribution >= 4 is 0 Å². The summed E-state index contributed by atoms with van der Waals surface area (Å²) in [7, 11) is 3.90. The van der Waals surface area contributed by atoms with Crippen molar-refractivity contribution < 1.29 is 4.74 Å². The van der Waals surface area contributed by atoms with E-state index >= 15 is 0 Å². The highest BCUT2D eigenvalue weighted by Crippen LogP contribution is 2.15. The molecule has 0 spiro atoms. The second-order valence-electron chi connectivity index (χ2n) is 5.43. The maximum Gasteiger partial charge on any atom is 0.0589 e. The molecule has 0 heterocycles. The highest BCUT2D eigenvalue weighted by atomic mass is 16.5. The molecule has 0 atom stereocenters. The molecule has 0 aromatic heterocycles. The van der Waals surface area contributed by atoms with Gasteiger partial charge in [-0.1, -0.05) is 27.7 Å². The monoisotopic (exact) mass is 216 g/mol. The standard InChI is InChI=1S/C12H28N2O/c1-11(2)13-9-12(3,4)10-14(5)7-8-15-6/h11,13H,7-10H2,1-6H3. The zero-order chi connectivity index (χ0) is 11.9. The van der Waals surface area contributed by atoms with Crippen molar-refractivity contribution in [2.24, 2.45) is 5.41 Å². The van der Waals surface area contributed by atoms with Gasteiger partial charge in [0.1, 0.15) is 0 Å². The van der Waals surface area contributed by atoms with Crippen molar-refractivity contribution in [3.63, 3.8) is 0 Å². The average molecular weight is 216 g/mol. The number of nitrogens with zero attached hydrogens (tertiary/aromatic N) is 1. The van der Waals surface area contributed by atoms with E-state index in [0.29, 0.717) is 11.5 Å². The SMILES string of the molecule is COCCN(C)CC(C)(C)CNC(C)C. The van der Waals surface area contributed by atoms with Crippen molar-refractivity contribution in [3.8, 4) is 0 Å². The zero-order valence-corrected chi connectivity index (χ0v) is 11.3. The molecule has 0 radical (unpaired) electrons. The van der Waals surface area contributed by atoms with Crippen molar-refractivity contribution in [2.45, 2.75) is 33.7 Å². The van der Waals surface area contributed by atoms with E-state index in [9.17, 15) is 0 Å². The Hall–Kier alpha value is -0.120. The van der Waals surface area contributed by atoms with E-state index in [2.05, 4.69) is 45.0 Å². The van der Waals surface area contributed by atoms with Crippen LogP contribution < -0.4 is 5.32 Å². The molecule has 0 unspecified atom stereocenters. The number of nitrogens with one attached hydrogen (secondary N) is 1. The number of methoxy groups -OCH3 is 1. The predicted octanol–water partition coefficient (Wildman–Crippen LogP) is 1.59. The van der Waals surface area contributed by atoms with Crippen LogP contribution in [-0.4, -0.2) is 51.3 Å². The van der Waals surface area contributed by atoms with Crippen LogP contribution in [0.2, 0.25) is 0 Å². The Kier molecular flexibility index (Phi) is 7.14. The van der Waals surface area contributed by atoms with Gasteiger partial charge in [0.25, 0.3) is 0 Å². The summed E-state index contributed by atoms with van der Waals surface area (Å²) in [4.78, 5) is 2.32. The van der Waals surface area contributed by atoms with Crippen molar-refractivity contribution in [1.82, 2.24) is 10.2 Å². The predicted molar refractivity (Wildman–Crippen MR) is 66.3 cm³/mol. The second kappa shape index (κ2) is 7.20. The summed E-state index contributed by atoms with van der Waals surface area (Å²) >= 11 is 0. The molecule has 0 fully saturated rings. The van der Waals surface area contributed by atoms with Crippen LogP contribution in [0.3, 0.4) is 0 Å². The van der Waals surface area contributed by atoms with Gasteiger partial charge in [-0.3, -0.25) is 0 Å². The molecule has 92 valence electrons. The Morgan fingerprint density at radius 2 is 1.93 bits per heavy atom. The number of hydrogen-bond donors (Lipinski definition) is 1. The molecule has 0 rings (SSSR count). The van der Waals surface area contributed by atoms with Gasteiger partial charge >= 0.3 is 0 Å². The van der Waals surface area contributed by atoms with Crippen LogP contribution >= 0.6 is 0 Å².